The highest BCUT2D eigenvalue weighted by Gasteiger charge is 2.05. The minimum Gasteiger partial charge on any atom is -0.147 e. The van der Waals surface area contributed by atoms with Crippen molar-refractivity contribution in [2.75, 3.05) is 0 Å². The SMILES string of the molecule is CC(C)c1ccccc1Pc1ccccc1.Cl. The van der Waals surface area contributed by atoms with Crippen molar-refractivity contribution in [1.82, 2.24) is 0 Å². The van der Waals surface area contributed by atoms with Gasteiger partial charge in [0.2, 0.25) is 0 Å². The van der Waals surface area contributed by atoms with Gasteiger partial charge in [-0.25, -0.2) is 0 Å². The fourth-order valence-corrected chi connectivity index (χ4v) is 3.16. The minimum absolute atomic E-state index is 0. The van der Waals surface area contributed by atoms with E-state index in [4.69, 9.17) is 0 Å². The van der Waals surface area contributed by atoms with Crippen LogP contribution in [-0.2, 0) is 0 Å². The second-order valence-electron chi connectivity index (χ2n) is 4.23. The Labute approximate surface area is 112 Å². The standard InChI is InChI=1S/C15H17P.ClH/c1-12(2)14-10-6-7-11-15(14)16-13-8-4-3-5-9-13;/h3-12,16H,1-2H3;1H. The normalized spacial score (nSPS) is 10.8. The Hall–Kier alpha value is -0.840. The molecule has 17 heavy (non-hydrogen) atoms. The lowest BCUT2D eigenvalue weighted by Crippen LogP contribution is -2.09. The Balaban J connectivity index is 0.00000144. The number of benzene rings is 2. The second-order valence-corrected chi connectivity index (χ2v) is 5.60. The topological polar surface area (TPSA) is 0 Å². The molecule has 0 bridgehead atoms. The van der Waals surface area contributed by atoms with Gasteiger partial charge >= 0.3 is 0 Å². The first-order chi connectivity index (χ1) is 7.77. The van der Waals surface area contributed by atoms with E-state index in [1.165, 1.54) is 16.2 Å². The molecule has 0 amide bonds. The van der Waals surface area contributed by atoms with E-state index in [0.29, 0.717) is 5.92 Å². The van der Waals surface area contributed by atoms with Crippen LogP contribution in [0.2, 0.25) is 0 Å². The summed E-state index contributed by atoms with van der Waals surface area (Å²) in [5.41, 5.74) is 1.48. The van der Waals surface area contributed by atoms with Gasteiger partial charge in [0.15, 0.2) is 0 Å². The Morgan fingerprint density at radius 2 is 1.41 bits per heavy atom. The highest BCUT2D eigenvalue weighted by Crippen LogP contribution is 2.19. The molecule has 2 aromatic rings. The number of rotatable bonds is 3. The van der Waals surface area contributed by atoms with Gasteiger partial charge in [0.1, 0.15) is 0 Å². The van der Waals surface area contributed by atoms with Crippen molar-refractivity contribution in [3.8, 4) is 0 Å². The molecule has 0 aliphatic heterocycles. The van der Waals surface area contributed by atoms with Crippen LogP contribution < -0.4 is 10.6 Å². The average molecular weight is 265 g/mol. The van der Waals surface area contributed by atoms with E-state index >= 15 is 0 Å². The van der Waals surface area contributed by atoms with Crippen LogP contribution in [0, 0.1) is 0 Å². The van der Waals surface area contributed by atoms with E-state index in [-0.39, 0.29) is 12.4 Å². The molecule has 0 N–H and O–H groups in total. The first kappa shape index (κ1) is 14.2. The van der Waals surface area contributed by atoms with Crippen molar-refractivity contribution in [3.63, 3.8) is 0 Å². The fourth-order valence-electron chi connectivity index (χ4n) is 1.79. The average Bonchev–Trinajstić information content (AvgIpc) is 2.31. The molecule has 0 radical (unpaired) electrons. The number of hydrogen-bond acceptors (Lipinski definition) is 0. The van der Waals surface area contributed by atoms with E-state index in [1.807, 2.05) is 0 Å². The van der Waals surface area contributed by atoms with Crippen LogP contribution in [0.1, 0.15) is 25.3 Å². The molecular weight excluding hydrogens is 247 g/mol. The zero-order valence-electron chi connectivity index (χ0n) is 10.2. The van der Waals surface area contributed by atoms with E-state index in [1.54, 1.807) is 0 Å². The van der Waals surface area contributed by atoms with Gasteiger partial charge in [-0.3, -0.25) is 0 Å². The van der Waals surface area contributed by atoms with Crippen LogP contribution in [0.15, 0.2) is 54.6 Å². The predicted molar refractivity (Wildman–Crippen MR) is 81.8 cm³/mol. The van der Waals surface area contributed by atoms with Crippen LogP contribution in [0.5, 0.6) is 0 Å². The van der Waals surface area contributed by atoms with Gasteiger partial charge in [0.05, 0.1) is 0 Å². The molecule has 0 spiro atoms. The lowest BCUT2D eigenvalue weighted by molar-refractivity contribution is 0.874. The van der Waals surface area contributed by atoms with Gasteiger partial charge in [-0.15, -0.1) is 12.4 Å². The van der Waals surface area contributed by atoms with Crippen LogP contribution in [0.3, 0.4) is 0 Å². The molecule has 0 fully saturated rings. The van der Waals surface area contributed by atoms with Crippen molar-refractivity contribution >= 4 is 31.6 Å². The summed E-state index contributed by atoms with van der Waals surface area (Å²) in [5, 5.41) is 2.89. The van der Waals surface area contributed by atoms with Gasteiger partial charge in [-0.1, -0.05) is 77.0 Å². The summed E-state index contributed by atoms with van der Waals surface area (Å²) >= 11 is 0. The van der Waals surface area contributed by atoms with Gasteiger partial charge in [0, 0.05) is 0 Å². The summed E-state index contributed by atoms with van der Waals surface area (Å²) in [7, 11) is 0.768. The Kier molecular flexibility index (Phi) is 5.68. The monoisotopic (exact) mass is 264 g/mol. The molecule has 90 valence electrons. The lowest BCUT2D eigenvalue weighted by Gasteiger charge is -2.12. The molecule has 0 aromatic heterocycles. The van der Waals surface area contributed by atoms with Crippen molar-refractivity contribution < 1.29 is 0 Å². The van der Waals surface area contributed by atoms with Crippen molar-refractivity contribution in [2.24, 2.45) is 0 Å². The van der Waals surface area contributed by atoms with E-state index in [0.717, 1.165) is 8.58 Å². The summed E-state index contributed by atoms with van der Waals surface area (Å²) in [6, 6.07) is 19.5. The molecular formula is C15H18ClP. The van der Waals surface area contributed by atoms with E-state index in [9.17, 15) is 0 Å². The number of hydrogen-bond donors (Lipinski definition) is 0. The third-order valence-electron chi connectivity index (χ3n) is 2.64. The lowest BCUT2D eigenvalue weighted by atomic mass is 10.0. The second kappa shape index (κ2) is 6.79. The zero-order valence-corrected chi connectivity index (χ0v) is 12.0. The van der Waals surface area contributed by atoms with Crippen LogP contribution in [0.4, 0.5) is 0 Å². The third-order valence-corrected chi connectivity index (χ3v) is 3.98. The fraction of sp³-hybridized carbons (Fsp3) is 0.200. The third kappa shape index (κ3) is 3.84. The maximum atomic E-state index is 2.26. The molecule has 2 heteroatoms. The maximum absolute atomic E-state index is 2.26. The van der Waals surface area contributed by atoms with Crippen molar-refractivity contribution in [3.05, 3.63) is 60.2 Å². The summed E-state index contributed by atoms with van der Waals surface area (Å²) in [4.78, 5) is 0. The molecule has 0 heterocycles. The van der Waals surface area contributed by atoms with Crippen LogP contribution >= 0.6 is 21.0 Å². The largest absolute Gasteiger partial charge is 0.147 e. The summed E-state index contributed by atoms with van der Waals surface area (Å²) in [5.74, 6) is 0.604. The predicted octanol–water partition coefficient (Wildman–Crippen LogP) is 3.86. The Morgan fingerprint density at radius 3 is 2.06 bits per heavy atom. The van der Waals surface area contributed by atoms with Gasteiger partial charge < -0.3 is 0 Å². The molecule has 0 aliphatic carbocycles. The molecule has 0 saturated heterocycles. The van der Waals surface area contributed by atoms with Gasteiger partial charge in [-0.2, -0.15) is 0 Å². The van der Waals surface area contributed by atoms with Crippen LogP contribution in [0.25, 0.3) is 0 Å². The molecule has 2 rings (SSSR count). The molecule has 0 aliphatic rings. The quantitative estimate of drug-likeness (QED) is 0.739. The van der Waals surface area contributed by atoms with Gasteiger partial charge in [-0.05, 0) is 22.1 Å². The van der Waals surface area contributed by atoms with Crippen molar-refractivity contribution in [2.45, 2.75) is 19.8 Å². The summed E-state index contributed by atoms with van der Waals surface area (Å²) < 4.78 is 0. The van der Waals surface area contributed by atoms with E-state index < -0.39 is 0 Å². The Morgan fingerprint density at radius 1 is 0.824 bits per heavy atom. The maximum Gasteiger partial charge on any atom is -0.0192 e. The highest BCUT2D eigenvalue weighted by molar-refractivity contribution is 7.55. The molecule has 1 atom stereocenters. The van der Waals surface area contributed by atoms with E-state index in [2.05, 4.69) is 68.4 Å². The molecule has 1 unspecified atom stereocenters. The Bertz CT molecular complexity index is 451. The van der Waals surface area contributed by atoms with Crippen LogP contribution in [-0.4, -0.2) is 0 Å². The smallest absolute Gasteiger partial charge is 0.0192 e. The summed E-state index contributed by atoms with van der Waals surface area (Å²) in [6.45, 7) is 4.52. The zero-order chi connectivity index (χ0) is 11.4. The molecule has 2 aromatic carbocycles. The minimum atomic E-state index is 0. The molecule has 0 nitrogen and oxygen atoms in total. The number of halogens is 1. The van der Waals surface area contributed by atoms with Gasteiger partial charge in [0.25, 0.3) is 0 Å². The first-order valence-corrected chi connectivity index (χ1v) is 6.68. The summed E-state index contributed by atoms with van der Waals surface area (Å²) in [6.07, 6.45) is 0. The van der Waals surface area contributed by atoms with Crippen molar-refractivity contribution in [1.29, 1.82) is 0 Å². The highest BCUT2D eigenvalue weighted by atomic mass is 35.5. The molecule has 0 saturated carbocycles. The first-order valence-electron chi connectivity index (χ1n) is 5.68.